The monoisotopic (exact) mass is 334 g/mol. The first-order valence-electron chi connectivity index (χ1n) is 6.96. The summed E-state index contributed by atoms with van der Waals surface area (Å²) in [6.07, 6.45) is 0.738. The standard InChI is InChI=1S/C17H15ClO3S/c1-11-5-7-14(8-6-11)22(20,21)17-15(10-19)16(17)12-3-2-4-13(18)9-12/h2-10,15-17H,1H3/t15-,16+,17+/m1/s1. The molecule has 0 saturated heterocycles. The van der Waals surface area contributed by atoms with E-state index in [0.717, 1.165) is 17.4 Å². The van der Waals surface area contributed by atoms with Crippen molar-refractivity contribution in [2.24, 2.45) is 5.92 Å². The smallest absolute Gasteiger partial charge is 0.182 e. The Bertz CT molecular complexity index is 812. The lowest BCUT2D eigenvalue weighted by Crippen LogP contribution is -2.11. The number of aldehydes is 1. The zero-order chi connectivity index (χ0) is 15.9. The number of rotatable bonds is 4. The van der Waals surface area contributed by atoms with Gasteiger partial charge in [0, 0.05) is 16.9 Å². The van der Waals surface area contributed by atoms with Gasteiger partial charge in [-0.1, -0.05) is 41.4 Å². The van der Waals surface area contributed by atoms with E-state index in [4.69, 9.17) is 11.6 Å². The molecule has 0 unspecified atom stereocenters. The number of carbonyl (C=O) groups is 1. The Hall–Kier alpha value is -1.65. The molecule has 1 aliphatic rings. The van der Waals surface area contributed by atoms with Crippen molar-refractivity contribution < 1.29 is 13.2 Å². The van der Waals surface area contributed by atoms with Gasteiger partial charge in [-0.3, -0.25) is 0 Å². The summed E-state index contributed by atoms with van der Waals surface area (Å²) >= 11 is 5.97. The molecule has 0 aromatic heterocycles. The first-order chi connectivity index (χ1) is 10.4. The van der Waals surface area contributed by atoms with Crippen LogP contribution >= 0.6 is 11.6 Å². The van der Waals surface area contributed by atoms with E-state index in [-0.39, 0.29) is 10.8 Å². The lowest BCUT2D eigenvalue weighted by Gasteiger charge is -2.05. The number of sulfone groups is 1. The Morgan fingerprint density at radius 2 is 1.77 bits per heavy atom. The molecule has 22 heavy (non-hydrogen) atoms. The number of benzene rings is 2. The van der Waals surface area contributed by atoms with Crippen LogP contribution in [0.1, 0.15) is 17.0 Å². The fraction of sp³-hybridized carbons (Fsp3) is 0.235. The molecule has 0 N–H and O–H groups in total. The predicted octanol–water partition coefficient (Wildman–Crippen LogP) is 3.40. The van der Waals surface area contributed by atoms with Gasteiger partial charge in [-0.2, -0.15) is 0 Å². The minimum absolute atomic E-state index is 0.263. The van der Waals surface area contributed by atoms with E-state index in [1.807, 2.05) is 13.0 Å². The summed E-state index contributed by atoms with van der Waals surface area (Å²) in [6.45, 7) is 1.90. The summed E-state index contributed by atoms with van der Waals surface area (Å²) in [5.41, 5.74) is 1.79. The summed E-state index contributed by atoms with van der Waals surface area (Å²) in [5, 5.41) is -0.160. The molecule has 0 aliphatic heterocycles. The van der Waals surface area contributed by atoms with E-state index in [1.54, 1.807) is 42.5 Å². The number of hydrogen-bond acceptors (Lipinski definition) is 3. The van der Waals surface area contributed by atoms with E-state index < -0.39 is 21.0 Å². The van der Waals surface area contributed by atoms with Crippen LogP contribution in [0.15, 0.2) is 53.4 Å². The maximum Gasteiger partial charge on any atom is 0.182 e. The molecule has 1 fully saturated rings. The van der Waals surface area contributed by atoms with Crippen LogP contribution in [-0.4, -0.2) is 20.0 Å². The Kier molecular flexibility index (Phi) is 3.83. The van der Waals surface area contributed by atoms with Crippen LogP contribution < -0.4 is 0 Å². The quantitative estimate of drug-likeness (QED) is 0.805. The van der Waals surface area contributed by atoms with Crippen molar-refractivity contribution >= 4 is 27.7 Å². The Labute approximate surface area is 134 Å². The zero-order valence-electron chi connectivity index (χ0n) is 11.9. The lowest BCUT2D eigenvalue weighted by molar-refractivity contribution is -0.108. The Balaban J connectivity index is 1.97. The van der Waals surface area contributed by atoms with E-state index in [9.17, 15) is 13.2 Å². The summed E-state index contributed by atoms with van der Waals surface area (Å²) < 4.78 is 25.5. The molecule has 3 atom stereocenters. The summed E-state index contributed by atoms with van der Waals surface area (Å²) in [6, 6.07) is 13.8. The van der Waals surface area contributed by atoms with E-state index in [2.05, 4.69) is 0 Å². The van der Waals surface area contributed by atoms with Crippen LogP contribution in [0, 0.1) is 12.8 Å². The van der Waals surface area contributed by atoms with Crippen LogP contribution in [0.4, 0.5) is 0 Å². The average molecular weight is 335 g/mol. The van der Waals surface area contributed by atoms with Crippen LogP contribution in [0.3, 0.4) is 0 Å². The van der Waals surface area contributed by atoms with Crippen molar-refractivity contribution in [2.45, 2.75) is 23.0 Å². The van der Waals surface area contributed by atoms with Gasteiger partial charge in [0.15, 0.2) is 9.84 Å². The van der Waals surface area contributed by atoms with E-state index in [1.165, 1.54) is 0 Å². The highest BCUT2D eigenvalue weighted by Gasteiger charge is 2.59. The van der Waals surface area contributed by atoms with Crippen molar-refractivity contribution in [1.29, 1.82) is 0 Å². The molecular formula is C17H15ClO3S. The van der Waals surface area contributed by atoms with Crippen molar-refractivity contribution in [3.05, 3.63) is 64.7 Å². The van der Waals surface area contributed by atoms with Gasteiger partial charge in [0.05, 0.1) is 10.1 Å². The Morgan fingerprint density at radius 1 is 1.09 bits per heavy atom. The number of halogens is 1. The number of carbonyl (C=O) groups excluding carboxylic acids is 1. The second kappa shape index (κ2) is 5.52. The third kappa shape index (κ3) is 2.57. The predicted molar refractivity (Wildman–Crippen MR) is 85.9 cm³/mol. The first kappa shape index (κ1) is 15.3. The highest BCUT2D eigenvalue weighted by atomic mass is 35.5. The summed E-state index contributed by atoms with van der Waals surface area (Å²) in [4.78, 5) is 11.5. The van der Waals surface area contributed by atoms with Gasteiger partial charge in [0.1, 0.15) is 6.29 Å². The van der Waals surface area contributed by atoms with Gasteiger partial charge in [-0.05, 0) is 36.8 Å². The molecule has 0 heterocycles. The van der Waals surface area contributed by atoms with Crippen LogP contribution in [0.2, 0.25) is 5.02 Å². The molecular weight excluding hydrogens is 320 g/mol. The van der Waals surface area contributed by atoms with E-state index >= 15 is 0 Å². The van der Waals surface area contributed by atoms with Gasteiger partial charge < -0.3 is 4.79 Å². The van der Waals surface area contributed by atoms with E-state index in [0.29, 0.717) is 5.02 Å². The molecule has 0 bridgehead atoms. The molecule has 1 aliphatic carbocycles. The molecule has 3 rings (SSSR count). The topological polar surface area (TPSA) is 51.2 Å². The van der Waals surface area contributed by atoms with Crippen molar-refractivity contribution in [3.8, 4) is 0 Å². The molecule has 0 amide bonds. The molecule has 114 valence electrons. The highest BCUT2D eigenvalue weighted by Crippen LogP contribution is 2.53. The van der Waals surface area contributed by atoms with Gasteiger partial charge in [0.25, 0.3) is 0 Å². The van der Waals surface area contributed by atoms with Gasteiger partial charge in [-0.25, -0.2) is 8.42 Å². The summed E-state index contributed by atoms with van der Waals surface area (Å²) in [5.74, 6) is -0.827. The molecule has 0 radical (unpaired) electrons. The fourth-order valence-electron chi connectivity index (χ4n) is 2.88. The molecule has 3 nitrogen and oxygen atoms in total. The fourth-order valence-corrected chi connectivity index (χ4v) is 5.19. The Morgan fingerprint density at radius 3 is 2.36 bits per heavy atom. The largest absolute Gasteiger partial charge is 0.303 e. The summed E-state index contributed by atoms with van der Waals surface area (Å²) in [7, 11) is -3.53. The van der Waals surface area contributed by atoms with Gasteiger partial charge in [-0.15, -0.1) is 0 Å². The minimum atomic E-state index is -3.53. The molecule has 2 aromatic rings. The van der Waals surface area contributed by atoms with Crippen molar-refractivity contribution in [1.82, 2.24) is 0 Å². The zero-order valence-corrected chi connectivity index (χ0v) is 13.5. The second-order valence-electron chi connectivity index (χ2n) is 5.62. The van der Waals surface area contributed by atoms with Crippen LogP contribution in [0.5, 0.6) is 0 Å². The molecule has 2 aromatic carbocycles. The maximum atomic E-state index is 12.8. The van der Waals surface area contributed by atoms with Gasteiger partial charge >= 0.3 is 0 Å². The van der Waals surface area contributed by atoms with Crippen LogP contribution in [0.25, 0.3) is 0 Å². The third-order valence-corrected chi connectivity index (χ3v) is 6.59. The first-order valence-corrected chi connectivity index (χ1v) is 8.89. The van der Waals surface area contributed by atoms with Crippen molar-refractivity contribution in [3.63, 3.8) is 0 Å². The van der Waals surface area contributed by atoms with Crippen molar-refractivity contribution in [2.75, 3.05) is 0 Å². The number of aryl methyl sites for hydroxylation is 1. The molecule has 1 saturated carbocycles. The normalized spacial score (nSPS) is 24.0. The SMILES string of the molecule is Cc1ccc(S(=O)(=O)[C@H]2[C@H](C=O)[C@@H]2c2cccc(Cl)c2)cc1. The third-order valence-electron chi connectivity index (χ3n) is 4.11. The average Bonchev–Trinajstić information content (AvgIpc) is 3.23. The highest BCUT2D eigenvalue weighted by molar-refractivity contribution is 7.92. The number of hydrogen-bond donors (Lipinski definition) is 0. The van der Waals surface area contributed by atoms with Gasteiger partial charge in [0.2, 0.25) is 0 Å². The molecule has 0 spiro atoms. The lowest BCUT2D eigenvalue weighted by atomic mass is 10.1. The molecule has 5 heteroatoms. The van der Waals surface area contributed by atoms with Crippen LogP contribution in [-0.2, 0) is 14.6 Å². The second-order valence-corrected chi connectivity index (χ2v) is 8.16. The minimum Gasteiger partial charge on any atom is -0.303 e. The maximum absolute atomic E-state index is 12.8.